The number of terminal acetylenes is 1. The number of benzene rings is 1. The Morgan fingerprint density at radius 3 is 2.60 bits per heavy atom. The highest BCUT2D eigenvalue weighted by atomic mass is 16.5. The predicted octanol–water partition coefficient (Wildman–Crippen LogP) is 3.13. The standard InChI is InChI=1S/C14H16O/c1-4-6-12-15-14(3,5-2)13-10-8-7-9-11-13/h2,4,6-11H,12H2,1,3H3. The molecule has 0 bridgehead atoms. The molecule has 1 unspecified atom stereocenters. The highest BCUT2D eigenvalue weighted by Gasteiger charge is 2.23. The van der Waals surface area contributed by atoms with Crippen LogP contribution in [0.25, 0.3) is 0 Å². The molecule has 78 valence electrons. The first-order valence-corrected chi connectivity index (χ1v) is 5.01. The smallest absolute Gasteiger partial charge is 0.151 e. The highest BCUT2D eigenvalue weighted by Crippen LogP contribution is 2.23. The van der Waals surface area contributed by atoms with Crippen LogP contribution in [0.15, 0.2) is 42.5 Å². The molecule has 0 aliphatic rings. The molecular weight excluding hydrogens is 184 g/mol. The molecule has 1 atom stereocenters. The predicted molar refractivity (Wildman–Crippen MR) is 63.4 cm³/mol. The van der Waals surface area contributed by atoms with E-state index in [9.17, 15) is 0 Å². The Labute approximate surface area is 91.8 Å². The van der Waals surface area contributed by atoms with E-state index in [1.165, 1.54) is 0 Å². The minimum Gasteiger partial charge on any atom is -0.354 e. The summed E-state index contributed by atoms with van der Waals surface area (Å²) in [6.45, 7) is 4.40. The van der Waals surface area contributed by atoms with Crippen molar-refractivity contribution in [3.63, 3.8) is 0 Å². The zero-order chi connectivity index (χ0) is 11.1. The van der Waals surface area contributed by atoms with Crippen molar-refractivity contribution in [1.29, 1.82) is 0 Å². The highest BCUT2D eigenvalue weighted by molar-refractivity contribution is 5.29. The Kier molecular flexibility index (Phi) is 4.15. The largest absolute Gasteiger partial charge is 0.354 e. The molecule has 0 saturated carbocycles. The lowest BCUT2D eigenvalue weighted by molar-refractivity contribution is 0.0288. The number of allylic oxidation sites excluding steroid dienone is 1. The van der Waals surface area contributed by atoms with Gasteiger partial charge in [0.1, 0.15) is 0 Å². The molecule has 0 amide bonds. The normalized spacial score (nSPS) is 14.7. The van der Waals surface area contributed by atoms with Crippen LogP contribution in [0.4, 0.5) is 0 Å². The molecular formula is C14H16O. The average molecular weight is 200 g/mol. The topological polar surface area (TPSA) is 9.23 Å². The van der Waals surface area contributed by atoms with Crippen LogP contribution in [0.2, 0.25) is 0 Å². The summed E-state index contributed by atoms with van der Waals surface area (Å²) in [5.41, 5.74) is 0.373. The van der Waals surface area contributed by atoms with Gasteiger partial charge in [0.05, 0.1) is 6.61 Å². The minimum absolute atomic E-state index is 0.534. The first-order valence-electron chi connectivity index (χ1n) is 5.01. The van der Waals surface area contributed by atoms with E-state index in [1.54, 1.807) is 0 Å². The fourth-order valence-corrected chi connectivity index (χ4v) is 1.28. The van der Waals surface area contributed by atoms with Crippen molar-refractivity contribution in [2.24, 2.45) is 0 Å². The van der Waals surface area contributed by atoms with Gasteiger partial charge in [-0.2, -0.15) is 0 Å². The molecule has 1 rings (SSSR count). The van der Waals surface area contributed by atoms with Crippen molar-refractivity contribution in [2.45, 2.75) is 19.4 Å². The lowest BCUT2D eigenvalue weighted by Gasteiger charge is -2.23. The Morgan fingerprint density at radius 1 is 1.40 bits per heavy atom. The molecule has 0 aromatic heterocycles. The Morgan fingerprint density at radius 2 is 2.07 bits per heavy atom. The third-order valence-corrected chi connectivity index (χ3v) is 2.30. The van der Waals surface area contributed by atoms with Crippen molar-refractivity contribution in [3.05, 3.63) is 48.0 Å². The van der Waals surface area contributed by atoms with E-state index in [4.69, 9.17) is 11.2 Å². The minimum atomic E-state index is -0.638. The molecule has 0 spiro atoms. The van der Waals surface area contributed by atoms with Crippen LogP contribution in [0.3, 0.4) is 0 Å². The first kappa shape index (κ1) is 11.6. The molecule has 0 saturated heterocycles. The van der Waals surface area contributed by atoms with Gasteiger partial charge in [-0.05, 0) is 19.4 Å². The molecule has 1 aromatic carbocycles. The second-order valence-electron chi connectivity index (χ2n) is 3.42. The maximum atomic E-state index is 5.68. The van der Waals surface area contributed by atoms with Crippen molar-refractivity contribution < 1.29 is 4.74 Å². The van der Waals surface area contributed by atoms with Gasteiger partial charge in [-0.1, -0.05) is 48.4 Å². The van der Waals surface area contributed by atoms with E-state index in [0.29, 0.717) is 6.61 Å². The van der Waals surface area contributed by atoms with Gasteiger partial charge in [-0.15, -0.1) is 6.42 Å². The van der Waals surface area contributed by atoms with E-state index in [1.807, 2.05) is 56.3 Å². The maximum absolute atomic E-state index is 5.68. The number of hydrogen-bond acceptors (Lipinski definition) is 1. The van der Waals surface area contributed by atoms with Crippen molar-refractivity contribution in [1.82, 2.24) is 0 Å². The lowest BCUT2D eigenvalue weighted by atomic mass is 9.97. The molecule has 0 fully saturated rings. The van der Waals surface area contributed by atoms with Crippen LogP contribution in [0, 0.1) is 12.3 Å². The zero-order valence-electron chi connectivity index (χ0n) is 9.23. The molecule has 15 heavy (non-hydrogen) atoms. The molecule has 0 aliphatic heterocycles. The van der Waals surface area contributed by atoms with Gasteiger partial charge in [0, 0.05) is 0 Å². The fraction of sp³-hybridized carbons (Fsp3) is 0.286. The summed E-state index contributed by atoms with van der Waals surface area (Å²) in [6.07, 6.45) is 9.41. The van der Waals surface area contributed by atoms with Gasteiger partial charge in [0.2, 0.25) is 0 Å². The van der Waals surface area contributed by atoms with Crippen LogP contribution in [-0.2, 0) is 10.3 Å². The SMILES string of the molecule is C#CC(C)(OCC=CC)c1ccccc1. The van der Waals surface area contributed by atoms with E-state index in [-0.39, 0.29) is 0 Å². The first-order chi connectivity index (χ1) is 7.23. The second-order valence-corrected chi connectivity index (χ2v) is 3.42. The van der Waals surface area contributed by atoms with Crippen LogP contribution in [-0.4, -0.2) is 6.61 Å². The number of rotatable bonds is 4. The van der Waals surface area contributed by atoms with E-state index in [0.717, 1.165) is 5.56 Å². The van der Waals surface area contributed by atoms with Gasteiger partial charge >= 0.3 is 0 Å². The summed E-state index contributed by atoms with van der Waals surface area (Å²) < 4.78 is 5.68. The van der Waals surface area contributed by atoms with Gasteiger partial charge in [-0.3, -0.25) is 0 Å². The molecule has 1 heteroatoms. The summed E-state index contributed by atoms with van der Waals surface area (Å²) in [5, 5.41) is 0. The zero-order valence-corrected chi connectivity index (χ0v) is 9.23. The molecule has 1 nitrogen and oxygen atoms in total. The summed E-state index contributed by atoms with van der Waals surface area (Å²) in [4.78, 5) is 0. The summed E-state index contributed by atoms with van der Waals surface area (Å²) in [6, 6.07) is 9.85. The van der Waals surface area contributed by atoms with Crippen molar-refractivity contribution in [3.8, 4) is 12.3 Å². The van der Waals surface area contributed by atoms with Crippen LogP contribution < -0.4 is 0 Å². The van der Waals surface area contributed by atoms with Gasteiger partial charge in [0.25, 0.3) is 0 Å². The molecule has 1 aromatic rings. The molecule has 0 aliphatic carbocycles. The maximum Gasteiger partial charge on any atom is 0.151 e. The van der Waals surface area contributed by atoms with Gasteiger partial charge in [-0.25, -0.2) is 0 Å². The van der Waals surface area contributed by atoms with E-state index >= 15 is 0 Å². The van der Waals surface area contributed by atoms with Gasteiger partial charge < -0.3 is 4.74 Å². The third kappa shape index (κ3) is 2.97. The van der Waals surface area contributed by atoms with Crippen LogP contribution in [0.5, 0.6) is 0 Å². The Balaban J connectivity index is 2.82. The Bertz CT molecular complexity index is 359. The van der Waals surface area contributed by atoms with Crippen molar-refractivity contribution in [2.75, 3.05) is 6.61 Å². The van der Waals surface area contributed by atoms with E-state index in [2.05, 4.69) is 5.92 Å². The van der Waals surface area contributed by atoms with Crippen LogP contribution >= 0.6 is 0 Å². The Hall–Kier alpha value is -1.52. The summed E-state index contributed by atoms with van der Waals surface area (Å²) in [7, 11) is 0. The fourth-order valence-electron chi connectivity index (χ4n) is 1.28. The van der Waals surface area contributed by atoms with E-state index < -0.39 is 5.60 Å². The average Bonchev–Trinajstić information content (AvgIpc) is 2.30. The van der Waals surface area contributed by atoms with Gasteiger partial charge in [0.15, 0.2) is 5.60 Å². The summed E-state index contributed by atoms with van der Waals surface area (Å²) >= 11 is 0. The third-order valence-electron chi connectivity index (χ3n) is 2.30. The summed E-state index contributed by atoms with van der Waals surface area (Å²) in [5.74, 6) is 2.70. The number of ether oxygens (including phenoxy) is 1. The lowest BCUT2D eigenvalue weighted by Crippen LogP contribution is -2.23. The number of hydrogen-bond donors (Lipinski definition) is 0. The van der Waals surface area contributed by atoms with Crippen molar-refractivity contribution >= 4 is 0 Å². The molecule has 0 N–H and O–H groups in total. The molecule has 0 heterocycles. The second kappa shape index (κ2) is 5.38. The quantitative estimate of drug-likeness (QED) is 0.536. The molecule has 0 radical (unpaired) electrons. The monoisotopic (exact) mass is 200 g/mol. The van der Waals surface area contributed by atoms with Crippen LogP contribution in [0.1, 0.15) is 19.4 Å².